The fraction of sp³-hybridized carbons (Fsp3) is 0.350. The van der Waals surface area contributed by atoms with Gasteiger partial charge in [0.1, 0.15) is 0 Å². The van der Waals surface area contributed by atoms with E-state index in [-0.39, 0.29) is 5.91 Å². The topological polar surface area (TPSA) is 32.3 Å². The molecule has 4 rings (SSSR count). The van der Waals surface area contributed by atoms with Crippen molar-refractivity contribution in [1.82, 2.24) is 10.2 Å². The van der Waals surface area contributed by atoms with Gasteiger partial charge in [0.05, 0.1) is 0 Å². The number of hydrogen-bond donors (Lipinski definition) is 1. The highest BCUT2D eigenvalue weighted by molar-refractivity contribution is 5.97. The molecule has 118 valence electrons. The number of nitrogens with one attached hydrogen (secondary N) is 1. The Balaban J connectivity index is 1.80. The van der Waals surface area contributed by atoms with Gasteiger partial charge in [-0.15, -0.1) is 0 Å². The first kappa shape index (κ1) is 14.5. The van der Waals surface area contributed by atoms with Crippen molar-refractivity contribution in [2.75, 3.05) is 26.7 Å². The van der Waals surface area contributed by atoms with E-state index < -0.39 is 0 Å². The summed E-state index contributed by atoms with van der Waals surface area (Å²) in [4.78, 5) is 14.9. The van der Waals surface area contributed by atoms with Crippen molar-refractivity contribution in [1.29, 1.82) is 0 Å². The summed E-state index contributed by atoms with van der Waals surface area (Å²) >= 11 is 0. The largest absolute Gasteiger partial charge is 0.352 e. The lowest BCUT2D eigenvalue weighted by molar-refractivity contribution is 0.0951. The molecule has 2 heterocycles. The maximum Gasteiger partial charge on any atom is 0.251 e. The van der Waals surface area contributed by atoms with E-state index in [0.717, 1.165) is 30.8 Å². The van der Waals surface area contributed by atoms with Gasteiger partial charge in [-0.25, -0.2) is 0 Å². The van der Waals surface area contributed by atoms with Gasteiger partial charge in [-0.2, -0.15) is 0 Å². The molecule has 2 atom stereocenters. The SMILES string of the molecule is Cc1cccc(-c2ccc3c(c2)C(=O)NC[C@H]2CN(C)C[C@H]32)c1. The maximum atomic E-state index is 12.5. The van der Waals surface area contributed by atoms with Gasteiger partial charge < -0.3 is 10.2 Å². The van der Waals surface area contributed by atoms with Crippen LogP contribution in [-0.2, 0) is 0 Å². The minimum absolute atomic E-state index is 0.0755. The highest BCUT2D eigenvalue weighted by atomic mass is 16.1. The molecule has 0 unspecified atom stereocenters. The van der Waals surface area contributed by atoms with Crippen LogP contribution in [0.25, 0.3) is 11.1 Å². The maximum absolute atomic E-state index is 12.5. The van der Waals surface area contributed by atoms with Crippen molar-refractivity contribution in [3.8, 4) is 11.1 Å². The minimum Gasteiger partial charge on any atom is -0.352 e. The van der Waals surface area contributed by atoms with Gasteiger partial charge >= 0.3 is 0 Å². The smallest absolute Gasteiger partial charge is 0.251 e. The van der Waals surface area contributed by atoms with Crippen molar-refractivity contribution in [2.24, 2.45) is 5.92 Å². The van der Waals surface area contributed by atoms with E-state index in [0.29, 0.717) is 11.8 Å². The quantitative estimate of drug-likeness (QED) is 0.878. The van der Waals surface area contributed by atoms with Crippen LogP contribution in [0.2, 0.25) is 0 Å². The van der Waals surface area contributed by atoms with Gasteiger partial charge in [-0.1, -0.05) is 42.0 Å². The van der Waals surface area contributed by atoms with Crippen molar-refractivity contribution < 1.29 is 4.79 Å². The first-order valence-corrected chi connectivity index (χ1v) is 8.29. The molecule has 1 amide bonds. The summed E-state index contributed by atoms with van der Waals surface area (Å²) in [7, 11) is 2.16. The lowest BCUT2D eigenvalue weighted by Crippen LogP contribution is -2.29. The second kappa shape index (κ2) is 5.50. The van der Waals surface area contributed by atoms with Crippen LogP contribution in [0.5, 0.6) is 0 Å². The predicted octanol–water partition coefficient (Wildman–Crippen LogP) is 3.05. The normalized spacial score (nSPS) is 23.8. The van der Waals surface area contributed by atoms with Crippen LogP contribution in [0.4, 0.5) is 0 Å². The van der Waals surface area contributed by atoms with Gasteiger partial charge in [0.25, 0.3) is 5.91 Å². The average molecular weight is 306 g/mol. The summed E-state index contributed by atoms with van der Waals surface area (Å²) in [6.45, 7) is 4.97. The third-order valence-electron chi connectivity index (χ3n) is 5.20. The second-order valence-electron chi connectivity index (χ2n) is 6.97. The lowest BCUT2D eigenvalue weighted by atomic mass is 9.86. The number of amides is 1. The third kappa shape index (κ3) is 2.55. The Labute approximate surface area is 137 Å². The molecule has 0 radical (unpaired) electrons. The fourth-order valence-corrected chi connectivity index (χ4v) is 4.05. The Morgan fingerprint density at radius 2 is 1.91 bits per heavy atom. The lowest BCUT2D eigenvalue weighted by Gasteiger charge is -2.17. The van der Waals surface area contributed by atoms with Crippen LogP contribution < -0.4 is 5.32 Å². The predicted molar refractivity (Wildman–Crippen MR) is 92.7 cm³/mol. The van der Waals surface area contributed by atoms with Crippen LogP contribution in [0, 0.1) is 12.8 Å². The third-order valence-corrected chi connectivity index (χ3v) is 5.20. The Morgan fingerprint density at radius 1 is 1.09 bits per heavy atom. The van der Waals surface area contributed by atoms with Gasteiger partial charge in [0, 0.05) is 31.1 Å². The number of fused-ring (bicyclic) bond motifs is 3. The Bertz CT molecular complexity index is 768. The highest BCUT2D eigenvalue weighted by Crippen LogP contribution is 2.37. The van der Waals surface area contributed by atoms with Gasteiger partial charge in [0.15, 0.2) is 0 Å². The zero-order valence-electron chi connectivity index (χ0n) is 13.7. The molecule has 1 saturated heterocycles. The molecule has 0 spiro atoms. The van der Waals surface area contributed by atoms with E-state index in [1.165, 1.54) is 16.7 Å². The standard InChI is InChI=1S/C20H22N2O/c1-13-4-3-5-14(8-13)15-6-7-17-18(9-15)20(23)21-10-16-11-22(2)12-19(16)17/h3-9,16,19H,10-12H2,1-2H3,(H,21,23)/t16-,19-/m0/s1. The Morgan fingerprint density at radius 3 is 2.74 bits per heavy atom. The average Bonchev–Trinajstić information content (AvgIpc) is 2.87. The van der Waals surface area contributed by atoms with E-state index >= 15 is 0 Å². The van der Waals surface area contributed by atoms with Crippen LogP contribution in [0.15, 0.2) is 42.5 Å². The van der Waals surface area contributed by atoms with E-state index in [4.69, 9.17) is 0 Å². The summed E-state index contributed by atoms with van der Waals surface area (Å²) in [5, 5.41) is 3.12. The molecule has 1 N–H and O–H groups in total. The number of carbonyl (C=O) groups is 1. The molecule has 1 fully saturated rings. The molecule has 3 heteroatoms. The minimum atomic E-state index is 0.0755. The number of hydrogen-bond acceptors (Lipinski definition) is 2. The van der Waals surface area contributed by atoms with E-state index in [2.05, 4.69) is 66.7 Å². The highest BCUT2D eigenvalue weighted by Gasteiger charge is 2.36. The van der Waals surface area contributed by atoms with Crippen LogP contribution >= 0.6 is 0 Å². The summed E-state index contributed by atoms with van der Waals surface area (Å²) in [6, 6.07) is 14.9. The molecule has 23 heavy (non-hydrogen) atoms. The number of benzene rings is 2. The second-order valence-corrected chi connectivity index (χ2v) is 6.97. The number of rotatable bonds is 1. The van der Waals surface area contributed by atoms with E-state index in [9.17, 15) is 4.79 Å². The Hall–Kier alpha value is -2.13. The molecule has 3 nitrogen and oxygen atoms in total. The Kier molecular flexibility index (Phi) is 3.46. The zero-order chi connectivity index (χ0) is 16.0. The summed E-state index contributed by atoms with van der Waals surface area (Å²) < 4.78 is 0. The molecule has 0 bridgehead atoms. The van der Waals surface area contributed by atoms with Crippen molar-refractivity contribution in [3.05, 3.63) is 59.2 Å². The summed E-state index contributed by atoms with van der Waals surface area (Å²) in [6.07, 6.45) is 0. The van der Waals surface area contributed by atoms with E-state index in [1.807, 2.05) is 0 Å². The first-order chi connectivity index (χ1) is 11.1. The van der Waals surface area contributed by atoms with Crippen LogP contribution in [-0.4, -0.2) is 37.5 Å². The van der Waals surface area contributed by atoms with Crippen molar-refractivity contribution >= 4 is 5.91 Å². The van der Waals surface area contributed by atoms with Gasteiger partial charge in [-0.05, 0) is 42.6 Å². The monoisotopic (exact) mass is 306 g/mol. The molecular formula is C20H22N2O. The molecule has 2 aliphatic heterocycles. The number of likely N-dealkylation sites (N-methyl/N-ethyl adjacent to an activating group) is 1. The van der Waals surface area contributed by atoms with Gasteiger partial charge in [0.2, 0.25) is 0 Å². The van der Waals surface area contributed by atoms with Gasteiger partial charge in [-0.3, -0.25) is 4.79 Å². The fourth-order valence-electron chi connectivity index (χ4n) is 4.05. The number of aryl methyl sites for hydroxylation is 1. The molecule has 0 saturated carbocycles. The first-order valence-electron chi connectivity index (χ1n) is 8.29. The molecule has 0 aliphatic carbocycles. The molecule has 2 aromatic rings. The van der Waals surface area contributed by atoms with E-state index in [1.54, 1.807) is 0 Å². The van der Waals surface area contributed by atoms with Crippen molar-refractivity contribution in [2.45, 2.75) is 12.8 Å². The van der Waals surface area contributed by atoms with Crippen LogP contribution in [0.1, 0.15) is 27.4 Å². The number of likely N-dealkylation sites (tertiary alicyclic amines) is 1. The summed E-state index contributed by atoms with van der Waals surface area (Å²) in [5.41, 5.74) is 5.59. The van der Waals surface area contributed by atoms with Crippen LogP contribution in [0.3, 0.4) is 0 Å². The molecule has 0 aromatic heterocycles. The zero-order valence-corrected chi connectivity index (χ0v) is 13.7. The number of nitrogens with zero attached hydrogens (tertiary/aromatic N) is 1. The molecule has 2 aliphatic rings. The molecule has 2 aromatic carbocycles. The summed E-state index contributed by atoms with van der Waals surface area (Å²) in [5.74, 6) is 1.06. The number of carbonyl (C=O) groups excluding carboxylic acids is 1. The molecular weight excluding hydrogens is 284 g/mol. The van der Waals surface area contributed by atoms with Crippen molar-refractivity contribution in [3.63, 3.8) is 0 Å².